The number of hydrogen-bond donors (Lipinski definition) is 4. The molecule has 5 rings (SSSR count). The van der Waals surface area contributed by atoms with Crippen molar-refractivity contribution in [2.45, 2.75) is 116 Å². The van der Waals surface area contributed by atoms with E-state index in [9.17, 15) is 37.7 Å². The van der Waals surface area contributed by atoms with E-state index in [2.05, 4.69) is 26.0 Å². The lowest BCUT2D eigenvalue weighted by atomic mass is 10.1. The van der Waals surface area contributed by atoms with Crippen LogP contribution in [-0.2, 0) is 78.2 Å². The van der Waals surface area contributed by atoms with Crippen LogP contribution >= 0.6 is 19.3 Å². The summed E-state index contributed by atoms with van der Waals surface area (Å²) >= 11 is 5.72. The number of esters is 3. The summed E-state index contributed by atoms with van der Waals surface area (Å²) in [5, 5.41) is 10.8. The van der Waals surface area contributed by atoms with E-state index in [-0.39, 0.29) is 88.7 Å². The van der Waals surface area contributed by atoms with Crippen molar-refractivity contribution in [3.63, 3.8) is 0 Å². The van der Waals surface area contributed by atoms with E-state index >= 15 is 0 Å². The van der Waals surface area contributed by atoms with Gasteiger partial charge in [0, 0.05) is 38.0 Å². The number of aromatic nitrogens is 1. The zero-order chi connectivity index (χ0) is 53.7. The molecule has 0 aliphatic carbocycles. The first-order chi connectivity index (χ1) is 36.2. The van der Waals surface area contributed by atoms with Crippen LogP contribution in [-0.4, -0.2) is 71.9 Å². The van der Waals surface area contributed by atoms with Crippen LogP contribution in [0, 0.1) is 5.95 Å². The number of unbranched alkanes of at least 4 members (excludes halogenated alkanes) is 2. The van der Waals surface area contributed by atoms with Crippen molar-refractivity contribution in [2.75, 3.05) is 13.2 Å². The summed E-state index contributed by atoms with van der Waals surface area (Å²) in [5.74, 6) is -4.22. The molecule has 0 saturated heterocycles. The summed E-state index contributed by atoms with van der Waals surface area (Å²) in [7, 11) is -4.30. The molecule has 0 spiro atoms. The van der Waals surface area contributed by atoms with E-state index in [1.54, 1.807) is 79.7 Å². The normalized spacial score (nSPS) is 13.0. The Hall–Kier alpha value is -6.82. The zero-order valence-corrected chi connectivity index (χ0v) is 43.4. The second-order valence-electron chi connectivity index (χ2n) is 17.5. The molecule has 75 heavy (non-hydrogen) atoms. The van der Waals surface area contributed by atoms with Gasteiger partial charge in [0.15, 0.2) is 0 Å². The highest BCUT2D eigenvalue weighted by Crippen LogP contribution is 2.46. The number of nitrogens with one attached hydrogen (secondary N) is 4. The highest BCUT2D eigenvalue weighted by molar-refractivity contribution is 7.51. The lowest BCUT2D eigenvalue weighted by Gasteiger charge is -2.25. The summed E-state index contributed by atoms with van der Waals surface area (Å²) in [6.07, 6.45) is 2.80. The minimum absolute atomic E-state index is 0.0338. The molecule has 1 heterocycles. The molecule has 0 saturated carbocycles. The number of carbonyl (C=O) groups is 6. The number of benzene rings is 4. The van der Waals surface area contributed by atoms with E-state index in [1.807, 2.05) is 48.5 Å². The van der Waals surface area contributed by atoms with Gasteiger partial charge in [-0.15, -0.1) is 0 Å². The largest absolute Gasteiger partial charge is 0.461 e. The van der Waals surface area contributed by atoms with Crippen LogP contribution in [0.3, 0.4) is 0 Å². The highest BCUT2D eigenvalue weighted by atomic mass is 35.5. The molecule has 17 nitrogen and oxygen atoms in total. The Bertz CT molecular complexity index is 2620. The first-order valence-corrected chi connectivity index (χ1v) is 26.7. The molecule has 0 fully saturated rings. The van der Waals surface area contributed by atoms with Crippen molar-refractivity contribution < 1.29 is 61.0 Å². The van der Waals surface area contributed by atoms with Crippen LogP contribution in [0.15, 0.2) is 134 Å². The van der Waals surface area contributed by atoms with Crippen LogP contribution in [0.25, 0.3) is 0 Å². The van der Waals surface area contributed by atoms with Crippen LogP contribution in [0.1, 0.15) is 104 Å². The SMILES string of the molecule is C[C@H](CCCOP(=O)(N[C@@H](CCC(=O)OCc1ccccc1)C(=O)OCc1ccccc1)OCc1ccccc1)NC(=O)CC[C@H](NC(=O)CCCCCNC(=O)c1cnc(F)c(Cl)c1)C(=O)OCc1ccccc1. The molecule has 4 atom stereocenters. The Morgan fingerprint density at radius 1 is 0.600 bits per heavy atom. The summed E-state index contributed by atoms with van der Waals surface area (Å²) in [4.78, 5) is 81.9. The smallest absolute Gasteiger partial charge is 0.406 e. The summed E-state index contributed by atoms with van der Waals surface area (Å²) in [6.45, 7) is 1.72. The van der Waals surface area contributed by atoms with Gasteiger partial charge in [-0.3, -0.25) is 33.0 Å². The fraction of sp³-hybridized carbons (Fsp3) is 0.364. The van der Waals surface area contributed by atoms with Gasteiger partial charge >= 0.3 is 25.7 Å². The van der Waals surface area contributed by atoms with Gasteiger partial charge < -0.3 is 30.2 Å². The predicted molar refractivity (Wildman–Crippen MR) is 278 cm³/mol. The molecule has 0 radical (unpaired) electrons. The molecule has 3 amide bonds. The van der Waals surface area contributed by atoms with Gasteiger partial charge in [0.1, 0.15) is 31.9 Å². The lowest BCUT2D eigenvalue weighted by molar-refractivity contribution is -0.150. The second-order valence-corrected chi connectivity index (χ2v) is 19.7. The summed E-state index contributed by atoms with van der Waals surface area (Å²) in [5.41, 5.74) is 3.04. The van der Waals surface area contributed by atoms with Crippen LogP contribution in [0.4, 0.5) is 4.39 Å². The van der Waals surface area contributed by atoms with Crippen molar-refractivity contribution in [1.82, 2.24) is 26.0 Å². The number of carbonyl (C=O) groups excluding carboxylic acids is 6. The number of halogens is 2. The van der Waals surface area contributed by atoms with Gasteiger partial charge in [0.05, 0.1) is 23.8 Å². The molecular formula is C55H64ClFN5O12P. The number of pyridine rings is 1. The van der Waals surface area contributed by atoms with E-state index in [4.69, 9.17) is 34.9 Å². The maximum atomic E-state index is 14.5. The maximum Gasteiger partial charge on any atom is 0.406 e. The average molecular weight is 1070 g/mol. The summed E-state index contributed by atoms with van der Waals surface area (Å²) < 4.78 is 56.2. The zero-order valence-electron chi connectivity index (χ0n) is 41.8. The van der Waals surface area contributed by atoms with Gasteiger partial charge in [0.2, 0.25) is 17.8 Å². The first-order valence-electron chi connectivity index (χ1n) is 24.7. The topological polar surface area (TPSA) is 227 Å². The molecule has 1 unspecified atom stereocenters. The second kappa shape index (κ2) is 32.5. The summed E-state index contributed by atoms with van der Waals surface area (Å²) in [6, 6.07) is 34.4. The number of nitrogens with zero attached hydrogens (tertiary/aromatic N) is 1. The minimum Gasteiger partial charge on any atom is -0.461 e. The molecule has 0 aliphatic rings. The molecule has 20 heteroatoms. The van der Waals surface area contributed by atoms with Gasteiger partial charge in [-0.05, 0) is 73.8 Å². The van der Waals surface area contributed by atoms with E-state index < -0.39 is 67.4 Å². The number of amides is 3. The van der Waals surface area contributed by atoms with Crippen molar-refractivity contribution in [3.8, 4) is 0 Å². The molecule has 4 N–H and O–H groups in total. The molecule has 400 valence electrons. The predicted octanol–water partition coefficient (Wildman–Crippen LogP) is 9.02. The van der Waals surface area contributed by atoms with Gasteiger partial charge in [-0.25, -0.2) is 19.4 Å². The Labute approximate surface area is 441 Å². The minimum atomic E-state index is -4.30. The molecule has 0 bridgehead atoms. The van der Waals surface area contributed by atoms with E-state index in [0.717, 1.165) is 22.9 Å². The quantitative estimate of drug-likeness (QED) is 0.0101. The van der Waals surface area contributed by atoms with E-state index in [1.165, 1.54) is 6.07 Å². The van der Waals surface area contributed by atoms with Gasteiger partial charge in [0.25, 0.3) is 5.91 Å². The van der Waals surface area contributed by atoms with Crippen molar-refractivity contribution in [2.24, 2.45) is 0 Å². The number of ether oxygens (including phenoxy) is 3. The van der Waals surface area contributed by atoms with E-state index in [0.29, 0.717) is 31.2 Å². The molecule has 4 aromatic carbocycles. The standard InChI is InChI=1S/C55H64ClFN5O12P/c1-40(60-50(64)30-28-47(54(67)71-37-42-21-9-3-10-22-42)61-49(63)27-15-6-16-32-58-53(66)45-34-46(56)52(57)59-35-45)18-17-33-73-75(69,74-39-44-25-13-5-14-26-44)62-48(55(68)72-38-43-23-11-4-12-24-43)29-31-51(65)70-36-41-19-7-2-8-20-41/h2-5,7-14,19-26,34-35,40,47-48H,6,15-18,27-33,36-39H2,1H3,(H,58,66)(H,60,64)(H,61,63)(H,62,69)/t40-,47+,48+,75?/m1/s1. The third-order valence-electron chi connectivity index (χ3n) is 11.3. The van der Waals surface area contributed by atoms with Crippen molar-refractivity contribution in [3.05, 3.63) is 172 Å². The Morgan fingerprint density at radius 2 is 1.12 bits per heavy atom. The van der Waals surface area contributed by atoms with Crippen molar-refractivity contribution in [1.29, 1.82) is 0 Å². The fourth-order valence-corrected chi connectivity index (χ4v) is 8.92. The monoisotopic (exact) mass is 1070 g/mol. The number of rotatable bonds is 33. The lowest BCUT2D eigenvalue weighted by Crippen LogP contribution is -2.43. The highest BCUT2D eigenvalue weighted by Gasteiger charge is 2.34. The van der Waals surface area contributed by atoms with Crippen LogP contribution < -0.4 is 21.0 Å². The Balaban J connectivity index is 1.12. The van der Waals surface area contributed by atoms with Gasteiger partial charge in [-0.1, -0.05) is 139 Å². The molecule has 1 aromatic heterocycles. The van der Waals surface area contributed by atoms with Gasteiger partial charge in [-0.2, -0.15) is 4.39 Å². The average Bonchev–Trinajstić information content (AvgIpc) is 3.42. The van der Waals surface area contributed by atoms with Crippen LogP contribution in [0.2, 0.25) is 5.02 Å². The maximum absolute atomic E-state index is 14.5. The Kier molecular flexibility index (Phi) is 25.6. The van der Waals surface area contributed by atoms with Crippen molar-refractivity contribution >= 4 is 55.0 Å². The third kappa shape index (κ3) is 23.1. The molecule has 5 aromatic rings. The third-order valence-corrected chi connectivity index (χ3v) is 13.2. The fourth-order valence-electron chi connectivity index (χ4n) is 7.22. The molecule has 0 aliphatic heterocycles. The first kappa shape index (κ1) is 59.1. The van der Waals surface area contributed by atoms with Crippen LogP contribution in [0.5, 0.6) is 0 Å². The Morgan fingerprint density at radius 3 is 1.69 bits per heavy atom. The molecular weight excluding hydrogens is 1010 g/mol. The number of hydrogen-bond acceptors (Lipinski definition) is 13.